The molecule has 0 spiro atoms. The Morgan fingerprint density at radius 2 is 1.97 bits per heavy atom. The van der Waals surface area contributed by atoms with Crippen LogP contribution in [0.25, 0.3) is 21.3 Å². The van der Waals surface area contributed by atoms with Gasteiger partial charge in [-0.1, -0.05) is 42.0 Å². The van der Waals surface area contributed by atoms with Gasteiger partial charge in [-0.15, -0.1) is 11.3 Å². The summed E-state index contributed by atoms with van der Waals surface area (Å²) in [4.78, 5) is 22.7. The molecule has 4 aromatic rings. The van der Waals surface area contributed by atoms with Crippen LogP contribution in [0, 0.1) is 6.92 Å². The quantitative estimate of drug-likeness (QED) is 0.440. The largest absolute Gasteiger partial charge is 0.396 e. The predicted octanol–water partition coefficient (Wildman–Crippen LogP) is 3.96. The van der Waals surface area contributed by atoms with Crippen molar-refractivity contribution in [1.82, 2.24) is 9.97 Å². The van der Waals surface area contributed by atoms with Gasteiger partial charge in [0.15, 0.2) is 0 Å². The van der Waals surface area contributed by atoms with Crippen molar-refractivity contribution in [2.24, 2.45) is 0 Å². The van der Waals surface area contributed by atoms with Gasteiger partial charge in [0.2, 0.25) is 5.91 Å². The van der Waals surface area contributed by atoms with Crippen molar-refractivity contribution >= 4 is 39.0 Å². The van der Waals surface area contributed by atoms with Crippen molar-refractivity contribution in [3.8, 4) is 11.1 Å². The molecular weight excluding hydrogens is 396 g/mol. The van der Waals surface area contributed by atoms with Gasteiger partial charge in [-0.05, 0) is 30.2 Å². The maximum atomic E-state index is 12.4. The van der Waals surface area contributed by atoms with Crippen LogP contribution < -0.4 is 11.1 Å². The summed E-state index contributed by atoms with van der Waals surface area (Å²) in [6.07, 6.45) is 2.30. The summed E-state index contributed by atoms with van der Waals surface area (Å²) in [6.45, 7) is 2.05. The molecule has 152 valence electrons. The molecule has 2 aromatic carbocycles. The zero-order valence-electron chi connectivity index (χ0n) is 16.6. The number of nitrogens with one attached hydrogen (secondary N) is 1. The van der Waals surface area contributed by atoms with E-state index in [9.17, 15) is 9.90 Å². The third-order valence-electron chi connectivity index (χ3n) is 4.83. The van der Waals surface area contributed by atoms with E-state index in [2.05, 4.69) is 15.3 Å². The molecule has 7 heteroatoms. The number of carbonyl (C=O) groups is 1. The summed E-state index contributed by atoms with van der Waals surface area (Å²) in [7, 11) is 0. The van der Waals surface area contributed by atoms with E-state index < -0.39 is 0 Å². The van der Waals surface area contributed by atoms with Gasteiger partial charge in [0, 0.05) is 29.2 Å². The zero-order valence-corrected chi connectivity index (χ0v) is 17.4. The maximum Gasteiger partial charge on any atom is 0.228 e. The first kappa shape index (κ1) is 20.0. The Kier molecular flexibility index (Phi) is 5.74. The van der Waals surface area contributed by atoms with E-state index in [0.717, 1.165) is 43.0 Å². The summed E-state index contributed by atoms with van der Waals surface area (Å²) in [6, 6.07) is 15.6. The lowest BCUT2D eigenvalue weighted by atomic mass is 10.0. The molecule has 2 aromatic heterocycles. The second-order valence-electron chi connectivity index (χ2n) is 7.10. The number of rotatable bonds is 6. The number of aryl methyl sites for hydroxylation is 1. The van der Waals surface area contributed by atoms with E-state index in [1.54, 1.807) is 0 Å². The number of fused-ring (bicyclic) bond motifs is 1. The highest BCUT2D eigenvalue weighted by Gasteiger charge is 2.17. The first-order valence-corrected chi connectivity index (χ1v) is 10.5. The number of nitrogen functional groups attached to an aromatic ring is 1. The molecule has 0 unspecified atom stereocenters. The first-order valence-electron chi connectivity index (χ1n) is 9.63. The lowest BCUT2D eigenvalue weighted by Crippen LogP contribution is -2.14. The monoisotopic (exact) mass is 418 g/mol. The third-order valence-corrected chi connectivity index (χ3v) is 5.99. The molecule has 0 fully saturated rings. The average molecular weight is 419 g/mol. The maximum absolute atomic E-state index is 12.4. The number of thiophene rings is 1. The fourth-order valence-electron chi connectivity index (χ4n) is 3.52. The van der Waals surface area contributed by atoms with Crippen LogP contribution in [0.4, 0.5) is 11.5 Å². The molecule has 1 amide bonds. The molecule has 0 bridgehead atoms. The highest BCUT2D eigenvalue weighted by atomic mass is 32.1. The first-order chi connectivity index (χ1) is 14.5. The number of benzene rings is 2. The molecule has 0 radical (unpaired) electrons. The smallest absolute Gasteiger partial charge is 0.228 e. The molecule has 0 saturated carbocycles. The van der Waals surface area contributed by atoms with E-state index in [1.165, 1.54) is 17.7 Å². The Morgan fingerprint density at radius 3 is 2.70 bits per heavy atom. The van der Waals surface area contributed by atoms with Crippen molar-refractivity contribution in [2.75, 3.05) is 17.7 Å². The number of hydrogen-bond donors (Lipinski definition) is 3. The van der Waals surface area contributed by atoms with Gasteiger partial charge in [-0.2, -0.15) is 0 Å². The minimum atomic E-state index is -0.0621. The molecule has 0 aliphatic heterocycles. The average Bonchev–Trinajstić information content (AvgIpc) is 3.08. The number of anilines is 2. The van der Waals surface area contributed by atoms with Crippen LogP contribution in [0.3, 0.4) is 0 Å². The summed E-state index contributed by atoms with van der Waals surface area (Å²) >= 11 is 1.51. The minimum Gasteiger partial charge on any atom is -0.396 e. The van der Waals surface area contributed by atoms with Crippen molar-refractivity contribution < 1.29 is 9.90 Å². The number of hydrogen-bond acceptors (Lipinski definition) is 6. The molecule has 4 rings (SSSR count). The van der Waals surface area contributed by atoms with Crippen LogP contribution >= 0.6 is 11.3 Å². The summed E-state index contributed by atoms with van der Waals surface area (Å²) in [5.74, 6) is 0.360. The van der Waals surface area contributed by atoms with Gasteiger partial charge in [0.25, 0.3) is 0 Å². The molecule has 2 heterocycles. The molecule has 0 aliphatic carbocycles. The second-order valence-corrected chi connectivity index (χ2v) is 8.19. The summed E-state index contributed by atoms with van der Waals surface area (Å²) in [5.41, 5.74) is 10.9. The fraction of sp³-hybridized carbons (Fsp3) is 0.174. The summed E-state index contributed by atoms with van der Waals surface area (Å²) in [5, 5.41) is 13.2. The van der Waals surface area contributed by atoms with Crippen LogP contribution in [0.5, 0.6) is 0 Å². The lowest BCUT2D eigenvalue weighted by molar-refractivity contribution is -0.115. The molecule has 0 aliphatic rings. The standard InChI is InChI=1S/C23H22N4O2S/c1-14-3-2-4-15(11-14)12-19(29)27-17-7-5-16(6-8-17)20-18(9-10-28)30-23-21(20)22(24)25-13-26-23/h2-8,11,13,28H,9-10,12H2,1H3,(H,27,29)(H2,24,25,26). The molecule has 0 saturated heterocycles. The molecule has 0 atom stereocenters. The predicted molar refractivity (Wildman–Crippen MR) is 122 cm³/mol. The van der Waals surface area contributed by atoms with Gasteiger partial charge in [0.05, 0.1) is 11.8 Å². The SMILES string of the molecule is Cc1cccc(CC(=O)Nc2ccc(-c3c(CCO)sc4ncnc(N)c34)cc2)c1. The Balaban J connectivity index is 1.58. The molecule has 30 heavy (non-hydrogen) atoms. The number of aliphatic hydroxyl groups is 1. The van der Waals surface area contributed by atoms with Crippen molar-refractivity contribution in [3.63, 3.8) is 0 Å². The zero-order chi connectivity index (χ0) is 21.1. The van der Waals surface area contributed by atoms with E-state index in [1.807, 2.05) is 55.5 Å². The Hall–Kier alpha value is -3.29. The normalized spacial score (nSPS) is 11.0. The Labute approximate surface area is 178 Å². The van der Waals surface area contributed by atoms with Gasteiger partial charge in [-0.25, -0.2) is 9.97 Å². The number of aliphatic hydroxyl groups excluding tert-OH is 1. The lowest BCUT2D eigenvalue weighted by Gasteiger charge is -2.09. The van der Waals surface area contributed by atoms with Gasteiger partial charge in [0.1, 0.15) is 17.0 Å². The number of nitrogens with zero attached hydrogens (tertiary/aromatic N) is 2. The van der Waals surface area contributed by atoms with Gasteiger partial charge >= 0.3 is 0 Å². The van der Waals surface area contributed by atoms with E-state index in [4.69, 9.17) is 5.73 Å². The molecular formula is C23H22N4O2S. The Bertz CT molecular complexity index is 1200. The van der Waals surface area contributed by atoms with E-state index in [0.29, 0.717) is 18.7 Å². The van der Waals surface area contributed by atoms with E-state index in [-0.39, 0.29) is 12.5 Å². The highest BCUT2D eigenvalue weighted by molar-refractivity contribution is 7.19. The Morgan fingerprint density at radius 1 is 1.17 bits per heavy atom. The number of carbonyl (C=O) groups excluding carboxylic acids is 1. The van der Waals surface area contributed by atoms with Gasteiger partial charge in [-0.3, -0.25) is 4.79 Å². The fourth-order valence-corrected chi connectivity index (χ4v) is 4.67. The van der Waals surface area contributed by atoms with Crippen LogP contribution in [0.2, 0.25) is 0 Å². The van der Waals surface area contributed by atoms with Crippen molar-refractivity contribution in [2.45, 2.75) is 19.8 Å². The molecule has 6 nitrogen and oxygen atoms in total. The van der Waals surface area contributed by atoms with E-state index >= 15 is 0 Å². The van der Waals surface area contributed by atoms with Crippen LogP contribution in [-0.2, 0) is 17.6 Å². The van der Waals surface area contributed by atoms with Crippen LogP contribution in [0.1, 0.15) is 16.0 Å². The summed E-state index contributed by atoms with van der Waals surface area (Å²) < 4.78 is 0. The number of aromatic nitrogens is 2. The number of nitrogens with two attached hydrogens (primary N) is 1. The minimum absolute atomic E-state index is 0.0419. The van der Waals surface area contributed by atoms with Gasteiger partial charge < -0.3 is 16.2 Å². The topological polar surface area (TPSA) is 101 Å². The van der Waals surface area contributed by atoms with Crippen molar-refractivity contribution in [3.05, 3.63) is 70.9 Å². The van der Waals surface area contributed by atoms with Crippen molar-refractivity contribution in [1.29, 1.82) is 0 Å². The van der Waals surface area contributed by atoms with Crippen LogP contribution in [-0.4, -0.2) is 27.6 Å². The van der Waals surface area contributed by atoms with Crippen LogP contribution in [0.15, 0.2) is 54.9 Å². The number of amides is 1. The highest BCUT2D eigenvalue weighted by Crippen LogP contribution is 2.40. The third kappa shape index (κ3) is 4.17. The molecule has 4 N–H and O–H groups in total. The second kappa shape index (κ2) is 8.61.